The molecule has 2 aromatic heterocycles. The fourth-order valence-electron chi connectivity index (χ4n) is 3.19. The van der Waals surface area contributed by atoms with Crippen LogP contribution in [-0.4, -0.2) is 21.2 Å². The van der Waals surface area contributed by atoms with Crippen LogP contribution in [0.1, 0.15) is 35.0 Å². The van der Waals surface area contributed by atoms with E-state index in [2.05, 4.69) is 10.3 Å². The van der Waals surface area contributed by atoms with Crippen molar-refractivity contribution < 1.29 is 4.79 Å². The van der Waals surface area contributed by atoms with Crippen LogP contribution in [0.5, 0.6) is 0 Å². The number of fused-ring (bicyclic) bond motifs is 2. The van der Waals surface area contributed by atoms with E-state index >= 15 is 0 Å². The molecule has 0 saturated carbocycles. The summed E-state index contributed by atoms with van der Waals surface area (Å²) in [4.78, 5) is 30.6. The number of nitrogens with one attached hydrogen (secondary N) is 1. The van der Waals surface area contributed by atoms with Crippen LogP contribution in [0, 0.1) is 0 Å². The summed E-state index contributed by atoms with van der Waals surface area (Å²) in [6, 6.07) is 3.90. The first kappa shape index (κ1) is 15.0. The lowest BCUT2D eigenvalue weighted by atomic mass is 10.2. The number of aryl methyl sites for hydroxylation is 1. The van der Waals surface area contributed by atoms with Crippen LogP contribution < -0.4 is 10.9 Å². The maximum Gasteiger partial charge on any atom is 0.257 e. The smallest absolute Gasteiger partial charge is 0.257 e. The zero-order chi connectivity index (χ0) is 15.8. The number of hydrogen-bond acceptors (Lipinski definition) is 5. The van der Waals surface area contributed by atoms with Crippen molar-refractivity contribution in [1.29, 1.82) is 0 Å². The first-order chi connectivity index (χ1) is 11.2. The molecule has 23 heavy (non-hydrogen) atoms. The zero-order valence-corrected chi connectivity index (χ0v) is 14.2. The largest absolute Gasteiger partial charge is 0.351 e. The number of thioether (sulfide) groups is 1. The Kier molecular flexibility index (Phi) is 3.98. The lowest BCUT2D eigenvalue weighted by Gasteiger charge is -2.14. The van der Waals surface area contributed by atoms with Gasteiger partial charge in [0.25, 0.3) is 5.56 Å². The van der Waals surface area contributed by atoms with Crippen LogP contribution in [0.25, 0.3) is 0 Å². The molecule has 4 rings (SSSR count). The van der Waals surface area contributed by atoms with Gasteiger partial charge < -0.3 is 5.32 Å². The number of thiophene rings is 1. The molecule has 1 aliphatic carbocycles. The lowest BCUT2D eigenvalue weighted by molar-refractivity contribution is -0.121. The third-order valence-electron chi connectivity index (χ3n) is 4.33. The van der Waals surface area contributed by atoms with Gasteiger partial charge in [-0.1, -0.05) is 17.8 Å². The second-order valence-electron chi connectivity index (χ2n) is 5.87. The van der Waals surface area contributed by atoms with Gasteiger partial charge in [0.05, 0.1) is 18.3 Å². The Hall–Kier alpha value is -1.60. The third kappa shape index (κ3) is 2.83. The van der Waals surface area contributed by atoms with Crippen molar-refractivity contribution in [2.45, 2.75) is 43.4 Å². The Morgan fingerprint density at radius 1 is 1.43 bits per heavy atom. The number of carbonyl (C=O) groups is 1. The predicted molar refractivity (Wildman–Crippen MR) is 91.1 cm³/mol. The zero-order valence-electron chi connectivity index (χ0n) is 12.6. The molecule has 1 unspecified atom stereocenters. The monoisotopic (exact) mass is 347 g/mol. The maximum atomic E-state index is 12.7. The van der Waals surface area contributed by atoms with E-state index < -0.39 is 0 Å². The van der Waals surface area contributed by atoms with E-state index in [1.807, 2.05) is 17.5 Å². The minimum absolute atomic E-state index is 0.00996. The molecule has 0 fully saturated rings. The molecule has 1 amide bonds. The molecule has 5 nitrogen and oxygen atoms in total. The Morgan fingerprint density at radius 3 is 3.17 bits per heavy atom. The number of amides is 1. The van der Waals surface area contributed by atoms with Crippen LogP contribution in [0.4, 0.5) is 0 Å². The molecule has 0 saturated heterocycles. The molecule has 1 atom stereocenters. The number of hydrogen-bond donors (Lipinski definition) is 1. The van der Waals surface area contributed by atoms with Gasteiger partial charge in [-0.2, -0.15) is 0 Å². The van der Waals surface area contributed by atoms with Crippen molar-refractivity contribution >= 4 is 29.0 Å². The van der Waals surface area contributed by atoms with Crippen molar-refractivity contribution in [1.82, 2.24) is 14.9 Å². The van der Waals surface area contributed by atoms with Crippen LogP contribution in [0.15, 0.2) is 27.5 Å². The summed E-state index contributed by atoms with van der Waals surface area (Å²) in [6.07, 6.45) is 3.08. The van der Waals surface area contributed by atoms with Crippen LogP contribution in [-0.2, 0) is 24.2 Å². The summed E-state index contributed by atoms with van der Waals surface area (Å²) in [6.45, 7) is 0.556. The van der Waals surface area contributed by atoms with Gasteiger partial charge >= 0.3 is 0 Å². The quantitative estimate of drug-likeness (QED) is 0.861. The Labute approximate surface area is 142 Å². The lowest BCUT2D eigenvalue weighted by Crippen LogP contribution is -2.32. The first-order valence-corrected chi connectivity index (χ1v) is 9.65. The van der Waals surface area contributed by atoms with E-state index in [1.54, 1.807) is 27.7 Å². The van der Waals surface area contributed by atoms with Crippen molar-refractivity contribution in [3.63, 3.8) is 0 Å². The summed E-state index contributed by atoms with van der Waals surface area (Å²) in [5, 5.41) is 5.72. The number of carbonyl (C=O) groups excluding carboxylic acids is 1. The second-order valence-corrected chi connectivity index (χ2v) is 7.89. The van der Waals surface area contributed by atoms with Gasteiger partial charge in [-0.05, 0) is 30.7 Å². The molecule has 0 radical (unpaired) electrons. The fraction of sp³-hybridized carbons (Fsp3) is 0.438. The summed E-state index contributed by atoms with van der Waals surface area (Å²) >= 11 is 3.22. The molecule has 120 valence electrons. The average molecular weight is 347 g/mol. The van der Waals surface area contributed by atoms with E-state index in [0.717, 1.165) is 46.3 Å². The van der Waals surface area contributed by atoms with E-state index in [-0.39, 0.29) is 17.5 Å². The van der Waals surface area contributed by atoms with E-state index in [1.165, 1.54) is 0 Å². The molecule has 2 aromatic rings. The first-order valence-electron chi connectivity index (χ1n) is 7.78. The SMILES string of the molecule is O=C(CC1CSc2nc3c(c(=O)n21)CCC3)NCc1cccs1. The Morgan fingerprint density at radius 2 is 2.35 bits per heavy atom. The van der Waals surface area contributed by atoms with Crippen LogP contribution >= 0.6 is 23.1 Å². The molecule has 1 aliphatic heterocycles. The normalized spacial score (nSPS) is 18.7. The molecule has 0 bridgehead atoms. The Bertz CT molecular complexity index is 798. The van der Waals surface area contributed by atoms with E-state index in [4.69, 9.17) is 0 Å². The molecule has 0 aromatic carbocycles. The minimum Gasteiger partial charge on any atom is -0.351 e. The summed E-state index contributed by atoms with van der Waals surface area (Å²) in [7, 11) is 0. The molecule has 3 heterocycles. The van der Waals surface area contributed by atoms with E-state index in [9.17, 15) is 9.59 Å². The highest BCUT2D eigenvalue weighted by atomic mass is 32.2. The number of rotatable bonds is 4. The van der Waals surface area contributed by atoms with Crippen molar-refractivity contribution in [2.75, 3.05) is 5.75 Å². The Balaban J connectivity index is 1.48. The molecule has 0 spiro atoms. The average Bonchev–Trinajstić information content (AvgIpc) is 3.26. The van der Waals surface area contributed by atoms with Gasteiger partial charge in [-0.3, -0.25) is 14.2 Å². The van der Waals surface area contributed by atoms with Crippen molar-refractivity contribution in [2.24, 2.45) is 0 Å². The standard InChI is InChI=1S/C16H17N3O2S2/c20-14(17-8-11-3-2-6-22-11)7-10-9-23-16-18-13-5-1-4-12(13)15(21)19(10)16/h2-3,6,10H,1,4-5,7-9H2,(H,17,20). The van der Waals surface area contributed by atoms with Crippen LogP contribution in [0.2, 0.25) is 0 Å². The molecule has 1 N–H and O–H groups in total. The van der Waals surface area contributed by atoms with Crippen molar-refractivity contribution in [3.8, 4) is 0 Å². The summed E-state index contributed by atoms with van der Waals surface area (Å²) in [5.41, 5.74) is 1.90. The van der Waals surface area contributed by atoms with Gasteiger partial charge in [0, 0.05) is 22.6 Å². The highest BCUT2D eigenvalue weighted by Crippen LogP contribution is 2.33. The third-order valence-corrected chi connectivity index (χ3v) is 6.31. The highest BCUT2D eigenvalue weighted by molar-refractivity contribution is 7.99. The number of aromatic nitrogens is 2. The van der Waals surface area contributed by atoms with Gasteiger partial charge in [0.1, 0.15) is 0 Å². The topological polar surface area (TPSA) is 64.0 Å². The molecular weight excluding hydrogens is 330 g/mol. The fourth-order valence-corrected chi connectivity index (χ4v) is 4.99. The highest BCUT2D eigenvalue weighted by Gasteiger charge is 2.30. The summed E-state index contributed by atoms with van der Waals surface area (Å²) in [5.74, 6) is 0.738. The minimum atomic E-state index is -0.0794. The van der Waals surface area contributed by atoms with Gasteiger partial charge in [0.2, 0.25) is 5.91 Å². The van der Waals surface area contributed by atoms with Crippen LogP contribution in [0.3, 0.4) is 0 Å². The number of nitrogens with zero attached hydrogens (tertiary/aromatic N) is 2. The maximum absolute atomic E-state index is 12.7. The second kappa shape index (κ2) is 6.13. The summed E-state index contributed by atoms with van der Waals surface area (Å²) < 4.78 is 1.75. The molecule has 2 aliphatic rings. The predicted octanol–water partition coefficient (Wildman–Crippen LogP) is 2.15. The molecular formula is C16H17N3O2S2. The van der Waals surface area contributed by atoms with Gasteiger partial charge in [-0.25, -0.2) is 4.98 Å². The van der Waals surface area contributed by atoms with Gasteiger partial charge in [0.15, 0.2) is 5.16 Å². The van der Waals surface area contributed by atoms with Gasteiger partial charge in [-0.15, -0.1) is 11.3 Å². The van der Waals surface area contributed by atoms with E-state index in [0.29, 0.717) is 13.0 Å². The molecule has 7 heteroatoms. The van der Waals surface area contributed by atoms with Crippen molar-refractivity contribution in [3.05, 3.63) is 44.0 Å².